The summed E-state index contributed by atoms with van der Waals surface area (Å²) in [6.07, 6.45) is -1.27. The van der Waals surface area contributed by atoms with E-state index >= 15 is 4.39 Å². The van der Waals surface area contributed by atoms with Gasteiger partial charge in [0.05, 0.1) is 11.7 Å². The number of carbonyl (C=O) groups is 2. The quantitative estimate of drug-likeness (QED) is 0.260. The second kappa shape index (κ2) is 13.4. The van der Waals surface area contributed by atoms with Gasteiger partial charge in [0.15, 0.2) is 0 Å². The fraction of sp³-hybridized carbons (Fsp3) is 0.469. The molecule has 1 aliphatic rings. The largest absolute Gasteiger partial charge is 0.508 e. The van der Waals surface area contributed by atoms with Gasteiger partial charge >= 0.3 is 0 Å². The maximum Gasteiger partial charge on any atom is 0.251 e. The summed E-state index contributed by atoms with van der Waals surface area (Å²) in [5.74, 6) is -2.77. The predicted molar refractivity (Wildman–Crippen MR) is 159 cm³/mol. The lowest BCUT2D eigenvalue weighted by atomic mass is 9.78. The number of benzene rings is 2. The molecular weight excluding hydrogens is 575 g/mol. The first-order valence-electron chi connectivity index (χ1n) is 14.6. The molecule has 0 bridgehead atoms. The van der Waals surface area contributed by atoms with Crippen LogP contribution < -0.4 is 10.6 Å². The number of halogens is 3. The minimum Gasteiger partial charge on any atom is -0.508 e. The van der Waals surface area contributed by atoms with Crippen molar-refractivity contribution in [3.63, 3.8) is 0 Å². The SMILES string of the molecule is CNC(=O)CC(C)(C)C(c1nc(-c2cc(F)ccc2F)cn1Cc1cc(C)cc(O)c1)N(CC1CNCC1F)C(=O)C(C)O. The van der Waals surface area contributed by atoms with E-state index in [-0.39, 0.29) is 54.8 Å². The summed E-state index contributed by atoms with van der Waals surface area (Å²) < 4.78 is 45.9. The summed E-state index contributed by atoms with van der Waals surface area (Å²) in [6.45, 7) is 7.06. The molecule has 4 rings (SSSR count). The number of aromatic hydroxyl groups is 1. The number of nitrogens with one attached hydrogen (secondary N) is 2. The Morgan fingerprint density at radius 2 is 1.93 bits per heavy atom. The minimum absolute atomic E-state index is 0.0307. The number of rotatable bonds is 11. The first-order valence-corrected chi connectivity index (χ1v) is 14.6. The summed E-state index contributed by atoms with van der Waals surface area (Å²) in [6, 6.07) is 6.96. The van der Waals surface area contributed by atoms with E-state index in [1.165, 1.54) is 25.1 Å². The lowest BCUT2D eigenvalue weighted by Gasteiger charge is -2.43. The van der Waals surface area contributed by atoms with Crippen LogP contribution in [0.15, 0.2) is 42.6 Å². The Balaban J connectivity index is 1.97. The molecule has 0 spiro atoms. The normalized spacial score (nSPS) is 18.2. The van der Waals surface area contributed by atoms with Crippen LogP contribution in [-0.4, -0.2) is 75.4 Å². The molecule has 238 valence electrons. The molecule has 2 heterocycles. The van der Waals surface area contributed by atoms with E-state index in [1.54, 1.807) is 30.5 Å². The van der Waals surface area contributed by atoms with Crippen LogP contribution in [0.25, 0.3) is 11.3 Å². The van der Waals surface area contributed by atoms with Crippen molar-refractivity contribution >= 4 is 11.8 Å². The monoisotopic (exact) mass is 615 g/mol. The average Bonchev–Trinajstić information content (AvgIpc) is 3.53. The number of carbonyl (C=O) groups excluding carboxylic acids is 2. The molecule has 4 unspecified atom stereocenters. The second-order valence-corrected chi connectivity index (χ2v) is 12.3. The van der Waals surface area contributed by atoms with Crippen molar-refractivity contribution in [1.82, 2.24) is 25.1 Å². The first-order chi connectivity index (χ1) is 20.7. The highest BCUT2D eigenvalue weighted by Gasteiger charge is 2.45. The van der Waals surface area contributed by atoms with Crippen LogP contribution in [-0.2, 0) is 16.1 Å². The molecule has 12 heteroatoms. The van der Waals surface area contributed by atoms with E-state index in [4.69, 9.17) is 4.98 Å². The zero-order chi connectivity index (χ0) is 32.3. The van der Waals surface area contributed by atoms with Gasteiger partial charge in [-0.3, -0.25) is 9.59 Å². The Morgan fingerprint density at radius 1 is 1.20 bits per heavy atom. The van der Waals surface area contributed by atoms with Gasteiger partial charge in [-0.15, -0.1) is 0 Å². The summed E-state index contributed by atoms with van der Waals surface area (Å²) in [5, 5.41) is 26.4. The topological polar surface area (TPSA) is 120 Å². The Bertz CT molecular complexity index is 1490. The van der Waals surface area contributed by atoms with Crippen LogP contribution in [0.1, 0.15) is 50.2 Å². The van der Waals surface area contributed by atoms with Crippen LogP contribution in [0.4, 0.5) is 13.2 Å². The highest BCUT2D eigenvalue weighted by Crippen LogP contribution is 2.43. The maximum absolute atomic E-state index is 15.0. The smallest absolute Gasteiger partial charge is 0.251 e. The molecule has 44 heavy (non-hydrogen) atoms. The average molecular weight is 616 g/mol. The van der Waals surface area contributed by atoms with Crippen molar-refractivity contribution in [2.24, 2.45) is 11.3 Å². The van der Waals surface area contributed by atoms with E-state index in [0.29, 0.717) is 12.1 Å². The highest BCUT2D eigenvalue weighted by molar-refractivity contribution is 5.81. The maximum atomic E-state index is 15.0. The second-order valence-electron chi connectivity index (χ2n) is 12.3. The molecular formula is C32H40F3N5O4. The molecule has 0 aliphatic carbocycles. The number of phenolic OH excluding ortho intramolecular Hbond substituents is 1. The third-order valence-corrected chi connectivity index (χ3v) is 8.01. The fourth-order valence-electron chi connectivity index (χ4n) is 5.93. The lowest BCUT2D eigenvalue weighted by Crippen LogP contribution is -2.50. The number of imidazole rings is 1. The molecule has 2 amide bonds. The summed E-state index contributed by atoms with van der Waals surface area (Å²) in [4.78, 5) is 32.6. The van der Waals surface area contributed by atoms with Crippen LogP contribution in [0, 0.1) is 29.9 Å². The van der Waals surface area contributed by atoms with Gasteiger partial charge in [-0.25, -0.2) is 18.2 Å². The third kappa shape index (κ3) is 7.41. The van der Waals surface area contributed by atoms with Crippen molar-refractivity contribution in [3.05, 3.63) is 71.2 Å². The third-order valence-electron chi connectivity index (χ3n) is 8.01. The number of aliphatic hydroxyl groups is 1. The molecule has 3 aromatic rings. The van der Waals surface area contributed by atoms with E-state index < -0.39 is 47.2 Å². The Hall–Kier alpha value is -3.90. The molecule has 1 fully saturated rings. The van der Waals surface area contributed by atoms with Gasteiger partial charge in [-0.1, -0.05) is 19.9 Å². The number of aromatic nitrogens is 2. The summed E-state index contributed by atoms with van der Waals surface area (Å²) in [7, 11) is 1.49. The van der Waals surface area contributed by atoms with Crippen molar-refractivity contribution in [2.75, 3.05) is 26.7 Å². The molecule has 1 aliphatic heterocycles. The highest BCUT2D eigenvalue weighted by atomic mass is 19.1. The van der Waals surface area contributed by atoms with Crippen LogP contribution >= 0.6 is 0 Å². The Labute approximate surface area is 255 Å². The van der Waals surface area contributed by atoms with Gasteiger partial charge in [0.2, 0.25) is 5.91 Å². The van der Waals surface area contributed by atoms with E-state index in [9.17, 15) is 28.6 Å². The zero-order valence-electron chi connectivity index (χ0n) is 25.6. The van der Waals surface area contributed by atoms with Gasteiger partial charge in [-0.05, 0) is 55.3 Å². The van der Waals surface area contributed by atoms with Gasteiger partial charge in [0.25, 0.3) is 5.91 Å². The Morgan fingerprint density at radius 3 is 2.55 bits per heavy atom. The number of alkyl halides is 1. The van der Waals surface area contributed by atoms with Gasteiger partial charge in [0.1, 0.15) is 35.5 Å². The molecule has 4 atom stereocenters. The standard InChI is InChI=1S/C32H40F3N5O4/c1-18-8-20(10-23(42)9-18)15-39-17-27(24-11-22(33)6-7-25(24)34)38-30(39)29(32(3,4)12-28(43)36-5)40(31(44)19(2)41)16-21-13-37-14-26(21)35/h6-11,17,19,21,26,29,37,41-42H,12-16H2,1-5H3,(H,36,43). The minimum atomic E-state index is -1.46. The number of hydrogen-bond acceptors (Lipinski definition) is 6. The van der Waals surface area contributed by atoms with Crippen LogP contribution in [0.2, 0.25) is 0 Å². The molecule has 1 aromatic heterocycles. The van der Waals surface area contributed by atoms with Crippen molar-refractivity contribution in [2.45, 2.75) is 59.0 Å². The van der Waals surface area contributed by atoms with E-state index in [1.807, 2.05) is 13.0 Å². The number of amides is 2. The molecule has 9 nitrogen and oxygen atoms in total. The van der Waals surface area contributed by atoms with Gasteiger partial charge in [0, 0.05) is 62.7 Å². The van der Waals surface area contributed by atoms with Crippen LogP contribution in [0.5, 0.6) is 5.75 Å². The number of aliphatic hydroxyl groups excluding tert-OH is 1. The molecule has 2 aromatic carbocycles. The van der Waals surface area contributed by atoms with Gasteiger partial charge in [-0.2, -0.15) is 0 Å². The summed E-state index contributed by atoms with van der Waals surface area (Å²) in [5.41, 5.74) is 0.343. The van der Waals surface area contributed by atoms with Crippen molar-refractivity contribution in [3.8, 4) is 17.0 Å². The molecule has 0 saturated carbocycles. The molecule has 4 N–H and O–H groups in total. The number of hydrogen-bond donors (Lipinski definition) is 4. The predicted octanol–water partition coefficient (Wildman–Crippen LogP) is 3.86. The number of nitrogens with zero attached hydrogens (tertiary/aromatic N) is 3. The zero-order valence-corrected chi connectivity index (χ0v) is 25.6. The first kappa shape index (κ1) is 33.0. The summed E-state index contributed by atoms with van der Waals surface area (Å²) >= 11 is 0. The fourth-order valence-corrected chi connectivity index (χ4v) is 5.93. The Kier molecular flexibility index (Phi) is 10.0. The van der Waals surface area contributed by atoms with Crippen molar-refractivity contribution < 1.29 is 33.0 Å². The van der Waals surface area contributed by atoms with Gasteiger partial charge < -0.3 is 30.3 Å². The number of aryl methyl sites for hydroxylation is 1. The van der Waals surface area contributed by atoms with E-state index in [2.05, 4.69) is 10.6 Å². The van der Waals surface area contributed by atoms with Crippen LogP contribution in [0.3, 0.4) is 0 Å². The van der Waals surface area contributed by atoms with Crippen molar-refractivity contribution in [1.29, 1.82) is 0 Å². The number of phenols is 1. The molecule has 0 radical (unpaired) electrons. The van der Waals surface area contributed by atoms with E-state index in [0.717, 1.165) is 23.8 Å². The lowest BCUT2D eigenvalue weighted by molar-refractivity contribution is -0.147. The molecule has 1 saturated heterocycles.